The number of esters is 1. The average Bonchev–Trinajstić information content (AvgIpc) is 2.84. The molecule has 0 heterocycles. The van der Waals surface area contributed by atoms with Gasteiger partial charge in [0.15, 0.2) is 0 Å². The summed E-state index contributed by atoms with van der Waals surface area (Å²) in [4.78, 5) is 36.4. The average molecular weight is 541 g/mol. The van der Waals surface area contributed by atoms with Crippen LogP contribution in [0.1, 0.15) is 21.5 Å². The van der Waals surface area contributed by atoms with Crippen molar-refractivity contribution < 1.29 is 19.1 Å². The molecule has 0 saturated carbocycles. The predicted molar refractivity (Wildman–Crippen MR) is 135 cm³/mol. The minimum atomic E-state index is -0.563. The van der Waals surface area contributed by atoms with Gasteiger partial charge in [-0.1, -0.05) is 70.0 Å². The molecule has 0 atom stereocenters. The molecule has 0 unspecified atom stereocenters. The summed E-state index contributed by atoms with van der Waals surface area (Å²) >= 11 is 9.32. The third-order valence-electron chi connectivity index (χ3n) is 4.31. The van der Waals surface area contributed by atoms with Crippen LogP contribution in [0.4, 0.5) is 0 Å². The molecule has 0 bridgehead atoms. The smallest absolute Gasteiger partial charge is 0.336 e. The number of hydrogen-bond acceptors (Lipinski definition) is 5. The molecule has 0 aliphatic heterocycles. The zero-order chi connectivity index (χ0) is 24.3. The Morgan fingerprint density at radius 3 is 2.50 bits per heavy atom. The number of halogens is 2. The van der Waals surface area contributed by atoms with Crippen molar-refractivity contribution in [3.8, 4) is 5.75 Å². The van der Waals surface area contributed by atoms with Crippen LogP contribution in [0.3, 0.4) is 0 Å². The molecule has 3 rings (SSSR count). The first-order valence-electron chi connectivity index (χ1n) is 10.0. The van der Waals surface area contributed by atoms with Crippen molar-refractivity contribution in [3.63, 3.8) is 0 Å². The Hall–Kier alpha value is -3.75. The molecule has 0 saturated heterocycles. The van der Waals surface area contributed by atoms with E-state index in [0.29, 0.717) is 5.56 Å². The number of nitrogens with zero attached hydrogens (tertiary/aromatic N) is 1. The highest BCUT2D eigenvalue weighted by Crippen LogP contribution is 2.22. The third kappa shape index (κ3) is 7.68. The molecule has 34 heavy (non-hydrogen) atoms. The Morgan fingerprint density at radius 1 is 1.00 bits per heavy atom. The van der Waals surface area contributed by atoms with Crippen LogP contribution in [0, 0.1) is 0 Å². The Bertz CT molecular complexity index is 1250. The number of carbonyl (C=O) groups is 3. The lowest BCUT2D eigenvalue weighted by molar-refractivity contribution is -0.129. The molecule has 0 aliphatic rings. The summed E-state index contributed by atoms with van der Waals surface area (Å²) in [6, 6.07) is 20.8. The summed E-state index contributed by atoms with van der Waals surface area (Å²) in [6.07, 6.45) is 4.30. The minimum Gasteiger partial charge on any atom is -0.423 e. The van der Waals surface area contributed by atoms with Gasteiger partial charge in [-0.05, 0) is 42.0 Å². The van der Waals surface area contributed by atoms with Crippen LogP contribution >= 0.6 is 27.5 Å². The fraction of sp³-hybridized carbons (Fsp3) is 0.0400. The molecule has 2 amide bonds. The lowest BCUT2D eigenvalue weighted by Gasteiger charge is -2.07. The SMILES string of the molecule is O=C(CNC(=O)c1ccccc1Cl)N/N=C/c1cc(Br)ccc1OC(=O)/C=C/c1ccccc1. The van der Waals surface area contributed by atoms with Gasteiger partial charge in [-0.15, -0.1) is 0 Å². The van der Waals surface area contributed by atoms with E-state index in [1.165, 1.54) is 12.3 Å². The second-order valence-electron chi connectivity index (χ2n) is 6.80. The van der Waals surface area contributed by atoms with E-state index in [1.54, 1.807) is 48.5 Å². The lowest BCUT2D eigenvalue weighted by Crippen LogP contribution is -2.35. The predicted octanol–water partition coefficient (Wildman–Crippen LogP) is 4.60. The van der Waals surface area contributed by atoms with E-state index < -0.39 is 17.8 Å². The molecular formula is C25H19BrClN3O4. The Balaban J connectivity index is 1.56. The first-order chi connectivity index (χ1) is 16.4. The maximum absolute atomic E-state index is 12.2. The zero-order valence-corrected chi connectivity index (χ0v) is 20.0. The molecule has 9 heteroatoms. The fourth-order valence-corrected chi connectivity index (χ4v) is 3.30. The number of hydrogen-bond donors (Lipinski definition) is 2. The van der Waals surface area contributed by atoms with Crippen LogP contribution < -0.4 is 15.5 Å². The molecule has 3 aromatic rings. The first kappa shape index (κ1) is 24.9. The van der Waals surface area contributed by atoms with Crippen molar-refractivity contribution in [1.82, 2.24) is 10.7 Å². The van der Waals surface area contributed by atoms with Gasteiger partial charge in [0.1, 0.15) is 5.75 Å². The molecule has 0 aromatic heterocycles. The highest BCUT2D eigenvalue weighted by Gasteiger charge is 2.11. The number of nitrogens with one attached hydrogen (secondary N) is 2. The van der Waals surface area contributed by atoms with E-state index >= 15 is 0 Å². The highest BCUT2D eigenvalue weighted by molar-refractivity contribution is 9.10. The summed E-state index contributed by atoms with van der Waals surface area (Å²) in [6.45, 7) is -0.300. The van der Waals surface area contributed by atoms with E-state index in [1.807, 2.05) is 30.3 Å². The topological polar surface area (TPSA) is 96.9 Å². The Labute approximate surface area is 209 Å². The van der Waals surface area contributed by atoms with Crippen LogP contribution in [0.2, 0.25) is 5.02 Å². The number of ether oxygens (including phenoxy) is 1. The minimum absolute atomic E-state index is 0.260. The van der Waals surface area contributed by atoms with Crippen molar-refractivity contribution >= 4 is 57.6 Å². The summed E-state index contributed by atoms with van der Waals surface area (Å²) in [5.74, 6) is -1.33. The fourth-order valence-electron chi connectivity index (χ4n) is 2.70. The summed E-state index contributed by atoms with van der Waals surface area (Å²) in [7, 11) is 0. The molecule has 0 spiro atoms. The summed E-state index contributed by atoms with van der Waals surface area (Å²) in [5.41, 5.74) is 3.90. The molecule has 0 fully saturated rings. The first-order valence-corrected chi connectivity index (χ1v) is 11.2. The van der Waals surface area contributed by atoms with E-state index in [4.69, 9.17) is 16.3 Å². The molecule has 0 radical (unpaired) electrons. The van der Waals surface area contributed by atoms with Crippen molar-refractivity contribution in [1.29, 1.82) is 0 Å². The number of carbonyl (C=O) groups excluding carboxylic acids is 3. The Morgan fingerprint density at radius 2 is 1.74 bits per heavy atom. The van der Waals surface area contributed by atoms with Gasteiger partial charge in [0.05, 0.1) is 23.3 Å². The van der Waals surface area contributed by atoms with Gasteiger partial charge in [0.2, 0.25) is 0 Å². The quantitative estimate of drug-likeness (QED) is 0.143. The van der Waals surface area contributed by atoms with Crippen molar-refractivity contribution in [2.75, 3.05) is 6.54 Å². The standard InChI is InChI=1S/C25H19BrClN3O4/c26-19-11-12-22(34-24(32)13-10-17-6-2-1-3-7-17)18(14-19)15-29-30-23(31)16-28-25(33)20-8-4-5-9-21(20)27/h1-15H,16H2,(H,28,33)(H,30,31)/b13-10+,29-15+. The number of hydrazone groups is 1. The van der Waals surface area contributed by atoms with Gasteiger partial charge in [-0.2, -0.15) is 5.10 Å². The molecule has 172 valence electrons. The third-order valence-corrected chi connectivity index (χ3v) is 5.14. The maximum Gasteiger partial charge on any atom is 0.336 e. The van der Waals surface area contributed by atoms with Gasteiger partial charge < -0.3 is 10.1 Å². The van der Waals surface area contributed by atoms with Gasteiger partial charge in [0, 0.05) is 16.1 Å². The van der Waals surface area contributed by atoms with Gasteiger partial charge in [-0.3, -0.25) is 9.59 Å². The second-order valence-corrected chi connectivity index (χ2v) is 8.13. The van der Waals surface area contributed by atoms with Crippen molar-refractivity contribution in [3.05, 3.63) is 105 Å². The number of benzene rings is 3. The number of rotatable bonds is 8. The van der Waals surface area contributed by atoms with Gasteiger partial charge >= 0.3 is 5.97 Å². The van der Waals surface area contributed by atoms with Crippen molar-refractivity contribution in [2.45, 2.75) is 0 Å². The molecular weight excluding hydrogens is 522 g/mol. The van der Waals surface area contributed by atoms with E-state index in [0.717, 1.165) is 10.0 Å². The molecule has 7 nitrogen and oxygen atoms in total. The normalized spacial score (nSPS) is 10.9. The highest BCUT2D eigenvalue weighted by atomic mass is 79.9. The summed E-state index contributed by atoms with van der Waals surface area (Å²) in [5, 5.41) is 6.63. The van der Waals surface area contributed by atoms with Crippen LogP contribution in [0.5, 0.6) is 5.75 Å². The van der Waals surface area contributed by atoms with Crippen LogP contribution in [-0.2, 0) is 9.59 Å². The summed E-state index contributed by atoms with van der Waals surface area (Å²) < 4.78 is 6.13. The monoisotopic (exact) mass is 539 g/mol. The van der Waals surface area contributed by atoms with Crippen molar-refractivity contribution in [2.24, 2.45) is 5.10 Å². The molecule has 0 aliphatic carbocycles. The molecule has 3 aromatic carbocycles. The zero-order valence-electron chi connectivity index (χ0n) is 17.7. The number of amides is 2. The largest absolute Gasteiger partial charge is 0.423 e. The van der Waals surface area contributed by atoms with Gasteiger partial charge in [0.25, 0.3) is 11.8 Å². The van der Waals surface area contributed by atoms with Crippen LogP contribution in [-0.4, -0.2) is 30.5 Å². The van der Waals surface area contributed by atoms with Crippen LogP contribution in [0.25, 0.3) is 6.08 Å². The molecule has 2 N–H and O–H groups in total. The van der Waals surface area contributed by atoms with E-state index in [9.17, 15) is 14.4 Å². The Kier molecular flexibility index (Phi) is 9.13. The lowest BCUT2D eigenvalue weighted by atomic mass is 10.2. The van der Waals surface area contributed by atoms with Crippen LogP contribution in [0.15, 0.2) is 88.4 Å². The van der Waals surface area contributed by atoms with Gasteiger partial charge in [-0.25, -0.2) is 10.2 Å². The second kappa shape index (κ2) is 12.5. The maximum atomic E-state index is 12.2. The van der Waals surface area contributed by atoms with E-state index in [2.05, 4.69) is 31.8 Å². The van der Waals surface area contributed by atoms with E-state index in [-0.39, 0.29) is 22.9 Å².